The van der Waals surface area contributed by atoms with Crippen LogP contribution in [-0.4, -0.2) is 29.7 Å². The van der Waals surface area contributed by atoms with Crippen LogP contribution in [0.4, 0.5) is 17.6 Å². The first-order chi connectivity index (χ1) is 13.7. The van der Waals surface area contributed by atoms with Crippen LogP contribution in [0.3, 0.4) is 0 Å². The monoisotopic (exact) mass is 412 g/mol. The van der Waals surface area contributed by atoms with E-state index in [1.807, 2.05) is 0 Å². The smallest absolute Gasteiger partial charge is 0.272 e. The molecule has 1 atom stereocenters. The zero-order valence-corrected chi connectivity index (χ0v) is 15.8. The van der Waals surface area contributed by atoms with E-state index in [1.165, 1.54) is 25.3 Å². The quantitative estimate of drug-likeness (QED) is 0.632. The van der Waals surface area contributed by atoms with Crippen LogP contribution in [0.1, 0.15) is 47.9 Å². The summed E-state index contributed by atoms with van der Waals surface area (Å²) in [5, 5.41) is 2.59. The number of hydrogen-bond donors (Lipinski definition) is 1. The van der Waals surface area contributed by atoms with Gasteiger partial charge in [-0.25, -0.2) is 17.6 Å². The van der Waals surface area contributed by atoms with Gasteiger partial charge in [0.25, 0.3) is 12.3 Å². The summed E-state index contributed by atoms with van der Waals surface area (Å²) in [7, 11) is 0. The fourth-order valence-corrected chi connectivity index (χ4v) is 2.52. The van der Waals surface area contributed by atoms with E-state index in [0.717, 1.165) is 12.1 Å². The molecule has 29 heavy (non-hydrogen) atoms. The third-order valence-corrected chi connectivity index (χ3v) is 4.07. The van der Waals surface area contributed by atoms with Crippen molar-refractivity contribution in [3.05, 3.63) is 58.9 Å². The Morgan fingerprint density at radius 1 is 1.17 bits per heavy atom. The number of carbonyl (C=O) groups is 2. The Morgan fingerprint density at radius 3 is 2.41 bits per heavy atom. The first kappa shape index (κ1) is 22.3. The lowest BCUT2D eigenvalue weighted by Crippen LogP contribution is -2.27. The summed E-state index contributed by atoms with van der Waals surface area (Å²) in [6.45, 7) is 2.10. The SMILES string of the molecule is CCC(=O)Cc1cc(C(=O)NC(C)c2cc(F)c(OCC(F)F)c(F)c2)ccn1. The number of benzene rings is 1. The van der Waals surface area contributed by atoms with Crippen molar-refractivity contribution in [1.82, 2.24) is 10.3 Å². The second kappa shape index (κ2) is 9.99. The minimum Gasteiger partial charge on any atom is -0.482 e. The fraction of sp³-hybridized carbons (Fsp3) is 0.350. The molecule has 0 spiro atoms. The van der Waals surface area contributed by atoms with Gasteiger partial charge in [-0.05, 0) is 36.8 Å². The number of ketones is 1. The van der Waals surface area contributed by atoms with E-state index in [1.54, 1.807) is 6.92 Å². The predicted molar refractivity (Wildman–Crippen MR) is 97.0 cm³/mol. The molecule has 0 fully saturated rings. The van der Waals surface area contributed by atoms with Gasteiger partial charge in [0, 0.05) is 30.3 Å². The molecule has 2 aromatic rings. The number of nitrogens with zero attached hydrogens (tertiary/aromatic N) is 1. The highest BCUT2D eigenvalue weighted by Crippen LogP contribution is 2.26. The highest BCUT2D eigenvalue weighted by Gasteiger charge is 2.19. The molecule has 0 saturated heterocycles. The largest absolute Gasteiger partial charge is 0.482 e. The Morgan fingerprint density at radius 2 is 1.83 bits per heavy atom. The van der Waals surface area contributed by atoms with Crippen molar-refractivity contribution in [2.75, 3.05) is 6.61 Å². The van der Waals surface area contributed by atoms with E-state index < -0.39 is 42.4 Å². The maximum Gasteiger partial charge on any atom is 0.272 e. The molecule has 0 aliphatic carbocycles. The fourth-order valence-electron chi connectivity index (χ4n) is 2.52. The van der Waals surface area contributed by atoms with Gasteiger partial charge in [0.1, 0.15) is 12.4 Å². The van der Waals surface area contributed by atoms with Gasteiger partial charge in [0.15, 0.2) is 17.4 Å². The van der Waals surface area contributed by atoms with E-state index in [-0.39, 0.29) is 23.3 Å². The number of carbonyl (C=O) groups excluding carboxylic acids is 2. The molecule has 1 N–H and O–H groups in total. The number of rotatable bonds is 9. The number of amides is 1. The summed E-state index contributed by atoms with van der Waals surface area (Å²) in [5.41, 5.74) is 0.770. The second-order valence-electron chi connectivity index (χ2n) is 6.32. The summed E-state index contributed by atoms with van der Waals surface area (Å²) in [4.78, 5) is 28.0. The van der Waals surface area contributed by atoms with Gasteiger partial charge in [-0.1, -0.05) is 6.92 Å². The van der Waals surface area contributed by atoms with Gasteiger partial charge in [-0.3, -0.25) is 14.6 Å². The highest BCUT2D eigenvalue weighted by atomic mass is 19.3. The molecule has 1 aromatic carbocycles. The maximum absolute atomic E-state index is 14.0. The van der Waals surface area contributed by atoms with Crippen molar-refractivity contribution < 1.29 is 31.9 Å². The van der Waals surface area contributed by atoms with Crippen LogP contribution in [-0.2, 0) is 11.2 Å². The lowest BCUT2D eigenvalue weighted by Gasteiger charge is -2.16. The summed E-state index contributed by atoms with van der Waals surface area (Å²) >= 11 is 0. The Labute approximate surface area is 165 Å². The molecule has 1 aromatic heterocycles. The van der Waals surface area contributed by atoms with E-state index in [9.17, 15) is 27.2 Å². The van der Waals surface area contributed by atoms with Crippen molar-refractivity contribution in [2.24, 2.45) is 0 Å². The summed E-state index contributed by atoms with van der Waals surface area (Å²) in [5.74, 6) is -3.74. The van der Waals surface area contributed by atoms with Gasteiger partial charge in [0.05, 0.1) is 6.04 Å². The van der Waals surface area contributed by atoms with Gasteiger partial charge in [-0.15, -0.1) is 0 Å². The molecule has 1 unspecified atom stereocenters. The van der Waals surface area contributed by atoms with Crippen LogP contribution in [0.5, 0.6) is 5.75 Å². The number of alkyl halides is 2. The van der Waals surface area contributed by atoms with E-state index >= 15 is 0 Å². The molecule has 1 amide bonds. The van der Waals surface area contributed by atoms with Crippen molar-refractivity contribution in [1.29, 1.82) is 0 Å². The first-order valence-electron chi connectivity index (χ1n) is 8.88. The number of pyridine rings is 1. The molecule has 2 rings (SSSR count). The summed E-state index contributed by atoms with van der Waals surface area (Å²) in [6, 6.07) is 3.95. The van der Waals surface area contributed by atoms with E-state index in [4.69, 9.17) is 0 Å². The summed E-state index contributed by atoms with van der Waals surface area (Å²) < 4.78 is 56.8. The third kappa shape index (κ3) is 6.27. The lowest BCUT2D eigenvalue weighted by atomic mass is 10.1. The van der Waals surface area contributed by atoms with Crippen molar-refractivity contribution in [3.63, 3.8) is 0 Å². The number of hydrogen-bond acceptors (Lipinski definition) is 4. The lowest BCUT2D eigenvalue weighted by molar-refractivity contribution is -0.118. The van der Waals surface area contributed by atoms with Crippen LogP contribution in [0.25, 0.3) is 0 Å². The number of aromatic nitrogens is 1. The average Bonchev–Trinajstić information content (AvgIpc) is 2.66. The number of halogens is 4. The molecular formula is C20H20F4N2O3. The molecule has 0 aliphatic heterocycles. The topological polar surface area (TPSA) is 68.3 Å². The van der Waals surface area contributed by atoms with Crippen LogP contribution >= 0.6 is 0 Å². The molecule has 0 saturated carbocycles. The number of Topliss-reactive ketones (excluding diaryl/α,β-unsaturated/α-hetero) is 1. The first-order valence-corrected chi connectivity index (χ1v) is 8.88. The maximum atomic E-state index is 14.0. The van der Waals surface area contributed by atoms with E-state index in [0.29, 0.717) is 12.1 Å². The van der Waals surface area contributed by atoms with Crippen molar-refractivity contribution >= 4 is 11.7 Å². The number of nitrogens with one attached hydrogen (secondary N) is 1. The standard InChI is InChI=1S/C20H20F4N2O3/c1-3-15(27)9-14-6-12(4-5-25-14)20(28)26-11(2)13-7-16(21)19(17(22)8-13)29-10-18(23)24/h4-8,11,18H,3,9-10H2,1-2H3,(H,26,28). The Balaban J connectivity index is 2.11. The minimum atomic E-state index is -2.87. The van der Waals surface area contributed by atoms with Gasteiger partial charge >= 0.3 is 0 Å². The Kier molecular flexibility index (Phi) is 7.69. The van der Waals surface area contributed by atoms with E-state index in [2.05, 4.69) is 15.0 Å². The zero-order chi connectivity index (χ0) is 21.6. The van der Waals surface area contributed by atoms with Crippen molar-refractivity contribution in [2.45, 2.75) is 39.2 Å². The van der Waals surface area contributed by atoms with Crippen LogP contribution in [0.2, 0.25) is 0 Å². The Hall–Kier alpha value is -2.97. The molecule has 0 aliphatic rings. The second-order valence-corrected chi connectivity index (χ2v) is 6.32. The van der Waals surface area contributed by atoms with Crippen molar-refractivity contribution in [3.8, 4) is 5.75 Å². The summed E-state index contributed by atoms with van der Waals surface area (Å²) in [6.07, 6.45) is -1.02. The molecule has 9 heteroatoms. The zero-order valence-electron chi connectivity index (χ0n) is 15.8. The predicted octanol–water partition coefficient (Wildman–Crippen LogP) is 4.02. The average molecular weight is 412 g/mol. The molecule has 5 nitrogen and oxygen atoms in total. The minimum absolute atomic E-state index is 0.0245. The highest BCUT2D eigenvalue weighted by molar-refractivity contribution is 5.94. The molecule has 1 heterocycles. The van der Waals surface area contributed by atoms with Crippen LogP contribution in [0.15, 0.2) is 30.5 Å². The normalized spacial score (nSPS) is 12.0. The van der Waals surface area contributed by atoms with Gasteiger partial charge in [-0.2, -0.15) is 0 Å². The molecule has 156 valence electrons. The van der Waals surface area contributed by atoms with Gasteiger partial charge in [0.2, 0.25) is 0 Å². The number of ether oxygens (including phenoxy) is 1. The molecule has 0 bridgehead atoms. The Bertz CT molecular complexity index is 867. The molecule has 0 radical (unpaired) electrons. The third-order valence-electron chi connectivity index (χ3n) is 4.07. The van der Waals surface area contributed by atoms with Crippen LogP contribution < -0.4 is 10.1 Å². The molecular weight excluding hydrogens is 392 g/mol. The van der Waals surface area contributed by atoms with Gasteiger partial charge < -0.3 is 10.1 Å². The van der Waals surface area contributed by atoms with Crippen LogP contribution in [0, 0.1) is 11.6 Å².